The molecule has 22 heavy (non-hydrogen) atoms. The van der Waals surface area contributed by atoms with E-state index >= 15 is 0 Å². The Morgan fingerprint density at radius 3 is 2.68 bits per heavy atom. The molecule has 2 heterocycles. The van der Waals surface area contributed by atoms with Gasteiger partial charge in [-0.3, -0.25) is 14.3 Å². The van der Waals surface area contributed by atoms with E-state index in [9.17, 15) is 9.59 Å². The highest BCUT2D eigenvalue weighted by atomic mass is 16.2. The highest BCUT2D eigenvalue weighted by Gasteiger charge is 2.33. The molecule has 1 aliphatic rings. The molecule has 1 saturated heterocycles. The summed E-state index contributed by atoms with van der Waals surface area (Å²) in [6, 6.07) is -0.221. The van der Waals surface area contributed by atoms with Crippen molar-refractivity contribution in [3.05, 3.63) is 11.4 Å². The molecule has 1 aromatic heterocycles. The minimum absolute atomic E-state index is 0.0423. The summed E-state index contributed by atoms with van der Waals surface area (Å²) in [5, 5.41) is 7.29. The molecule has 0 spiro atoms. The van der Waals surface area contributed by atoms with Crippen LogP contribution in [0.4, 0.5) is 5.69 Å². The van der Waals surface area contributed by atoms with Crippen LogP contribution in [0, 0.1) is 19.8 Å². The number of nitrogens with zero attached hydrogens (tertiary/aromatic N) is 2. The van der Waals surface area contributed by atoms with E-state index in [1.165, 1.54) is 0 Å². The third kappa shape index (κ3) is 3.30. The molecule has 1 unspecified atom stereocenters. The van der Waals surface area contributed by atoms with Gasteiger partial charge >= 0.3 is 0 Å². The number of carbonyl (C=O) groups excluding carboxylic acids is 2. The predicted molar refractivity (Wildman–Crippen MR) is 83.4 cm³/mol. The lowest BCUT2D eigenvalue weighted by molar-refractivity contribution is -0.921. The van der Waals surface area contributed by atoms with Gasteiger partial charge in [-0.25, -0.2) is 0 Å². The summed E-state index contributed by atoms with van der Waals surface area (Å²) in [6.45, 7) is 7.23. The van der Waals surface area contributed by atoms with Crippen LogP contribution < -0.4 is 16.0 Å². The first-order valence-corrected chi connectivity index (χ1v) is 7.76. The van der Waals surface area contributed by atoms with Crippen LogP contribution in [0.15, 0.2) is 0 Å². The van der Waals surface area contributed by atoms with E-state index in [0.717, 1.165) is 41.4 Å². The molecule has 1 aromatic rings. The number of anilines is 1. The first-order chi connectivity index (χ1) is 10.3. The lowest BCUT2D eigenvalue weighted by atomic mass is 9.96. The average molecular weight is 308 g/mol. The zero-order chi connectivity index (χ0) is 16.4. The Kier molecular flexibility index (Phi) is 4.85. The number of aromatic nitrogens is 2. The highest BCUT2D eigenvalue weighted by molar-refractivity contribution is 5.94. The van der Waals surface area contributed by atoms with Crippen molar-refractivity contribution in [2.24, 2.45) is 18.7 Å². The van der Waals surface area contributed by atoms with Gasteiger partial charge in [0.2, 0.25) is 5.91 Å². The molecule has 0 saturated carbocycles. The van der Waals surface area contributed by atoms with Gasteiger partial charge in [0.25, 0.3) is 5.91 Å². The van der Waals surface area contributed by atoms with Crippen molar-refractivity contribution in [2.75, 3.05) is 18.4 Å². The van der Waals surface area contributed by atoms with Crippen LogP contribution in [0.1, 0.15) is 31.2 Å². The average Bonchev–Trinajstić information content (AvgIpc) is 2.73. The monoisotopic (exact) mass is 308 g/mol. The Labute approximate surface area is 130 Å². The van der Waals surface area contributed by atoms with Gasteiger partial charge in [-0.2, -0.15) is 5.10 Å². The quantitative estimate of drug-likeness (QED) is 0.676. The molecule has 7 heteroatoms. The highest BCUT2D eigenvalue weighted by Crippen LogP contribution is 2.18. The second kappa shape index (κ2) is 6.48. The summed E-state index contributed by atoms with van der Waals surface area (Å²) in [7, 11) is 1.86. The normalized spacial score (nSPS) is 23.1. The number of carbonyl (C=O) groups is 2. The fourth-order valence-corrected chi connectivity index (χ4v) is 3.10. The summed E-state index contributed by atoms with van der Waals surface area (Å²) < 4.78 is 1.76. The molecular weight excluding hydrogens is 282 g/mol. The SMILES string of the molecule is Cc1nn(C)c(C)c1NC(=O)[C@@H](C)[NH+]1CCC[C@H](C(N)=O)C1. The Morgan fingerprint density at radius 1 is 1.45 bits per heavy atom. The van der Waals surface area contributed by atoms with Crippen LogP contribution in [-0.4, -0.2) is 40.7 Å². The van der Waals surface area contributed by atoms with Crippen molar-refractivity contribution in [1.82, 2.24) is 9.78 Å². The zero-order valence-corrected chi connectivity index (χ0v) is 13.8. The maximum Gasteiger partial charge on any atom is 0.282 e. The minimum atomic E-state index is -0.260. The van der Waals surface area contributed by atoms with Crippen LogP contribution in [-0.2, 0) is 16.6 Å². The first-order valence-electron chi connectivity index (χ1n) is 7.76. The van der Waals surface area contributed by atoms with Crippen molar-refractivity contribution < 1.29 is 14.5 Å². The number of hydrogen-bond donors (Lipinski definition) is 3. The Hall–Kier alpha value is -1.89. The van der Waals surface area contributed by atoms with Gasteiger partial charge in [-0.1, -0.05) is 0 Å². The predicted octanol–water partition coefficient (Wildman–Crippen LogP) is -0.856. The van der Waals surface area contributed by atoms with Crippen molar-refractivity contribution in [2.45, 2.75) is 39.7 Å². The number of amides is 2. The van der Waals surface area contributed by atoms with E-state index in [0.29, 0.717) is 6.54 Å². The fourth-order valence-electron chi connectivity index (χ4n) is 3.10. The van der Waals surface area contributed by atoms with Crippen LogP contribution in [0.3, 0.4) is 0 Å². The smallest absolute Gasteiger partial charge is 0.282 e. The van der Waals surface area contributed by atoms with Gasteiger partial charge in [-0.05, 0) is 33.6 Å². The fraction of sp³-hybridized carbons (Fsp3) is 0.667. The first kappa shape index (κ1) is 16.5. The van der Waals surface area contributed by atoms with Gasteiger partial charge < -0.3 is 16.0 Å². The molecule has 0 radical (unpaired) electrons. The molecule has 0 aromatic carbocycles. The zero-order valence-electron chi connectivity index (χ0n) is 13.8. The maximum atomic E-state index is 12.5. The molecule has 122 valence electrons. The standard InChI is InChI=1S/C15H25N5O2/c1-9-13(10(2)19(4)18-9)17-15(22)11(3)20-7-5-6-12(8-20)14(16)21/h11-12H,5-8H2,1-4H3,(H2,16,21)(H,17,22)/p+1/t11-,12+/m1/s1. The number of primary amides is 1. The summed E-state index contributed by atoms with van der Waals surface area (Å²) in [6.07, 6.45) is 1.75. The molecule has 1 fully saturated rings. The Bertz CT molecular complexity index is 581. The van der Waals surface area contributed by atoms with Crippen molar-refractivity contribution in [1.29, 1.82) is 0 Å². The Morgan fingerprint density at radius 2 is 2.14 bits per heavy atom. The number of piperidine rings is 1. The second-order valence-corrected chi connectivity index (χ2v) is 6.23. The number of quaternary nitrogens is 1. The number of likely N-dealkylation sites (tertiary alicyclic amines) is 1. The number of aryl methyl sites for hydroxylation is 2. The number of nitrogens with two attached hydrogens (primary N) is 1. The van der Waals surface area contributed by atoms with E-state index in [-0.39, 0.29) is 23.8 Å². The maximum absolute atomic E-state index is 12.5. The van der Waals surface area contributed by atoms with Gasteiger partial charge in [0.15, 0.2) is 6.04 Å². The topological polar surface area (TPSA) is 94.4 Å². The molecule has 0 aliphatic carbocycles. The molecular formula is C15H26N5O2+. The van der Waals surface area contributed by atoms with Crippen LogP contribution in [0.2, 0.25) is 0 Å². The van der Waals surface area contributed by atoms with E-state index in [1.54, 1.807) is 4.68 Å². The summed E-state index contributed by atoms with van der Waals surface area (Å²) in [5.74, 6) is -0.427. The lowest BCUT2D eigenvalue weighted by Gasteiger charge is -2.31. The number of rotatable bonds is 4. The number of hydrogen-bond acceptors (Lipinski definition) is 3. The van der Waals surface area contributed by atoms with Crippen molar-refractivity contribution >= 4 is 17.5 Å². The van der Waals surface area contributed by atoms with Gasteiger partial charge in [0, 0.05) is 7.05 Å². The molecule has 1 aliphatic heterocycles. The largest absolute Gasteiger partial charge is 0.369 e. The van der Waals surface area contributed by atoms with E-state index in [4.69, 9.17) is 5.73 Å². The molecule has 4 N–H and O–H groups in total. The van der Waals surface area contributed by atoms with Crippen LogP contribution in [0.5, 0.6) is 0 Å². The Balaban J connectivity index is 2.04. The van der Waals surface area contributed by atoms with Gasteiger partial charge in [-0.15, -0.1) is 0 Å². The second-order valence-electron chi connectivity index (χ2n) is 6.23. The van der Waals surface area contributed by atoms with E-state index < -0.39 is 0 Å². The molecule has 7 nitrogen and oxygen atoms in total. The van der Waals surface area contributed by atoms with Crippen molar-refractivity contribution in [3.63, 3.8) is 0 Å². The van der Waals surface area contributed by atoms with Crippen LogP contribution in [0.25, 0.3) is 0 Å². The molecule has 2 rings (SSSR count). The van der Waals surface area contributed by atoms with E-state index in [2.05, 4.69) is 10.4 Å². The lowest BCUT2D eigenvalue weighted by Crippen LogP contribution is -3.18. The third-order valence-corrected chi connectivity index (χ3v) is 4.72. The van der Waals surface area contributed by atoms with Crippen molar-refractivity contribution in [3.8, 4) is 0 Å². The van der Waals surface area contributed by atoms with E-state index in [1.807, 2.05) is 27.8 Å². The summed E-state index contributed by atoms with van der Waals surface area (Å²) in [5.41, 5.74) is 7.93. The summed E-state index contributed by atoms with van der Waals surface area (Å²) in [4.78, 5) is 25.0. The molecule has 3 atom stereocenters. The summed E-state index contributed by atoms with van der Waals surface area (Å²) >= 11 is 0. The molecule has 0 bridgehead atoms. The minimum Gasteiger partial charge on any atom is -0.369 e. The molecule has 2 amide bonds. The van der Waals surface area contributed by atoms with Gasteiger partial charge in [0.05, 0.1) is 36.1 Å². The van der Waals surface area contributed by atoms with Crippen LogP contribution >= 0.6 is 0 Å². The number of nitrogens with one attached hydrogen (secondary N) is 2. The van der Waals surface area contributed by atoms with Gasteiger partial charge in [0.1, 0.15) is 0 Å². The third-order valence-electron chi connectivity index (χ3n) is 4.72.